The second-order valence-corrected chi connectivity index (χ2v) is 4.04. The van der Waals surface area contributed by atoms with Gasteiger partial charge in [-0.05, 0) is 20.4 Å². The van der Waals surface area contributed by atoms with E-state index in [1.807, 2.05) is 0 Å². The van der Waals surface area contributed by atoms with Crippen LogP contribution in [0.4, 0.5) is 0 Å². The second kappa shape index (κ2) is 4.94. The molecule has 1 rings (SSSR count). The van der Waals surface area contributed by atoms with Gasteiger partial charge < -0.3 is 15.0 Å². The van der Waals surface area contributed by atoms with Crippen LogP contribution in [0.5, 0.6) is 0 Å². The third kappa shape index (κ3) is 2.93. The standard InChI is InChI=1S/C10H22N2O/c1-5-9-6-12(3)7-10(11-9)8(2)13-4/h8-11H,5-7H2,1-4H3/t8?,9-,10?/m0/s1. The number of methoxy groups -OCH3 is 1. The first-order valence-corrected chi connectivity index (χ1v) is 5.14. The van der Waals surface area contributed by atoms with Gasteiger partial charge in [0.05, 0.1) is 6.10 Å². The van der Waals surface area contributed by atoms with Crippen LogP contribution in [0.15, 0.2) is 0 Å². The fraction of sp³-hybridized carbons (Fsp3) is 1.00. The third-order valence-electron chi connectivity index (χ3n) is 2.92. The molecule has 1 aliphatic rings. The highest BCUT2D eigenvalue weighted by atomic mass is 16.5. The molecule has 78 valence electrons. The summed E-state index contributed by atoms with van der Waals surface area (Å²) in [4.78, 5) is 2.38. The Labute approximate surface area is 81.4 Å². The van der Waals surface area contributed by atoms with Crippen LogP contribution in [0.25, 0.3) is 0 Å². The Morgan fingerprint density at radius 3 is 2.77 bits per heavy atom. The van der Waals surface area contributed by atoms with Gasteiger partial charge in [0, 0.05) is 32.3 Å². The van der Waals surface area contributed by atoms with Crippen LogP contribution in [-0.2, 0) is 4.74 Å². The van der Waals surface area contributed by atoms with E-state index in [0.717, 1.165) is 13.1 Å². The molecule has 0 amide bonds. The minimum absolute atomic E-state index is 0.303. The minimum atomic E-state index is 0.303. The van der Waals surface area contributed by atoms with Gasteiger partial charge >= 0.3 is 0 Å². The highest BCUT2D eigenvalue weighted by Crippen LogP contribution is 2.09. The van der Waals surface area contributed by atoms with Crippen LogP contribution < -0.4 is 5.32 Å². The quantitative estimate of drug-likeness (QED) is 0.702. The number of piperazine rings is 1. The van der Waals surface area contributed by atoms with Gasteiger partial charge in [0.25, 0.3) is 0 Å². The molecule has 3 atom stereocenters. The molecule has 0 aliphatic carbocycles. The normalized spacial score (nSPS) is 33.2. The Hall–Kier alpha value is -0.120. The van der Waals surface area contributed by atoms with Gasteiger partial charge in [-0.25, -0.2) is 0 Å². The molecular formula is C10H22N2O. The van der Waals surface area contributed by atoms with Gasteiger partial charge in [-0.3, -0.25) is 0 Å². The van der Waals surface area contributed by atoms with E-state index in [2.05, 4.69) is 31.1 Å². The lowest BCUT2D eigenvalue weighted by Crippen LogP contribution is -2.58. The maximum atomic E-state index is 5.34. The Kier molecular flexibility index (Phi) is 4.16. The highest BCUT2D eigenvalue weighted by molar-refractivity contribution is 4.87. The maximum absolute atomic E-state index is 5.34. The average molecular weight is 186 g/mol. The van der Waals surface area contributed by atoms with Crippen molar-refractivity contribution in [3.8, 4) is 0 Å². The van der Waals surface area contributed by atoms with Gasteiger partial charge in [0.1, 0.15) is 0 Å². The number of likely N-dealkylation sites (N-methyl/N-ethyl adjacent to an activating group) is 1. The van der Waals surface area contributed by atoms with Crippen molar-refractivity contribution in [2.45, 2.75) is 38.5 Å². The summed E-state index contributed by atoms with van der Waals surface area (Å²) in [6.07, 6.45) is 1.49. The van der Waals surface area contributed by atoms with Crippen LogP contribution in [0.3, 0.4) is 0 Å². The molecule has 1 aliphatic heterocycles. The summed E-state index contributed by atoms with van der Waals surface area (Å²) in [5.41, 5.74) is 0. The van der Waals surface area contributed by atoms with Crippen LogP contribution in [0.2, 0.25) is 0 Å². The fourth-order valence-electron chi connectivity index (χ4n) is 1.89. The molecule has 0 bridgehead atoms. The lowest BCUT2D eigenvalue weighted by Gasteiger charge is -2.38. The van der Waals surface area contributed by atoms with Gasteiger partial charge in [-0.15, -0.1) is 0 Å². The molecule has 3 nitrogen and oxygen atoms in total. The molecule has 0 aromatic rings. The summed E-state index contributed by atoms with van der Waals surface area (Å²) < 4.78 is 5.34. The van der Waals surface area contributed by atoms with Gasteiger partial charge in [0.2, 0.25) is 0 Å². The Balaban J connectivity index is 2.46. The van der Waals surface area contributed by atoms with E-state index in [4.69, 9.17) is 4.74 Å². The molecule has 0 aromatic heterocycles. The molecule has 1 fully saturated rings. The van der Waals surface area contributed by atoms with Gasteiger partial charge in [-0.1, -0.05) is 6.92 Å². The van der Waals surface area contributed by atoms with E-state index >= 15 is 0 Å². The highest BCUT2D eigenvalue weighted by Gasteiger charge is 2.26. The first kappa shape index (κ1) is 11.0. The van der Waals surface area contributed by atoms with E-state index in [1.165, 1.54) is 6.42 Å². The molecule has 0 radical (unpaired) electrons. The Bertz CT molecular complexity index is 152. The average Bonchev–Trinajstić information content (AvgIpc) is 2.15. The lowest BCUT2D eigenvalue weighted by molar-refractivity contribution is 0.0454. The summed E-state index contributed by atoms with van der Waals surface area (Å²) in [7, 11) is 3.96. The summed E-state index contributed by atoms with van der Waals surface area (Å²) in [6.45, 7) is 6.60. The van der Waals surface area contributed by atoms with E-state index < -0.39 is 0 Å². The van der Waals surface area contributed by atoms with E-state index in [0.29, 0.717) is 18.2 Å². The van der Waals surface area contributed by atoms with Crippen molar-refractivity contribution in [3.63, 3.8) is 0 Å². The topological polar surface area (TPSA) is 24.5 Å². The fourth-order valence-corrected chi connectivity index (χ4v) is 1.89. The van der Waals surface area contributed by atoms with Crippen molar-refractivity contribution in [2.24, 2.45) is 0 Å². The Morgan fingerprint density at radius 2 is 2.23 bits per heavy atom. The lowest BCUT2D eigenvalue weighted by atomic mass is 10.0. The first-order valence-electron chi connectivity index (χ1n) is 5.14. The molecule has 0 aromatic carbocycles. The SMILES string of the molecule is CC[C@H]1CN(C)CC(C(C)OC)N1. The molecule has 2 unspecified atom stereocenters. The third-order valence-corrected chi connectivity index (χ3v) is 2.92. The van der Waals surface area contributed by atoms with Crippen molar-refractivity contribution in [2.75, 3.05) is 27.2 Å². The van der Waals surface area contributed by atoms with Crippen LogP contribution >= 0.6 is 0 Å². The maximum Gasteiger partial charge on any atom is 0.0708 e. The van der Waals surface area contributed by atoms with Crippen LogP contribution in [0.1, 0.15) is 20.3 Å². The first-order chi connectivity index (χ1) is 6.17. The predicted octanol–water partition coefficient (Wildman–Crippen LogP) is 0.703. The molecule has 0 spiro atoms. The monoisotopic (exact) mass is 186 g/mol. The molecule has 3 heteroatoms. The number of hydrogen-bond acceptors (Lipinski definition) is 3. The van der Waals surface area contributed by atoms with Crippen molar-refractivity contribution >= 4 is 0 Å². The molecule has 1 saturated heterocycles. The molecular weight excluding hydrogens is 164 g/mol. The molecule has 1 heterocycles. The van der Waals surface area contributed by atoms with E-state index in [1.54, 1.807) is 7.11 Å². The van der Waals surface area contributed by atoms with Crippen LogP contribution in [-0.4, -0.2) is 50.3 Å². The van der Waals surface area contributed by atoms with Crippen molar-refractivity contribution in [3.05, 3.63) is 0 Å². The zero-order valence-electron chi connectivity index (χ0n) is 9.21. The van der Waals surface area contributed by atoms with Crippen molar-refractivity contribution < 1.29 is 4.74 Å². The van der Waals surface area contributed by atoms with Crippen molar-refractivity contribution in [1.82, 2.24) is 10.2 Å². The number of ether oxygens (including phenoxy) is 1. The summed E-state index contributed by atoms with van der Waals surface area (Å²) in [5, 5.41) is 3.62. The second-order valence-electron chi connectivity index (χ2n) is 4.04. The van der Waals surface area contributed by atoms with Crippen LogP contribution in [0, 0.1) is 0 Å². The van der Waals surface area contributed by atoms with Gasteiger partial charge in [-0.2, -0.15) is 0 Å². The molecule has 1 N–H and O–H groups in total. The number of nitrogens with zero attached hydrogens (tertiary/aromatic N) is 1. The van der Waals surface area contributed by atoms with E-state index in [-0.39, 0.29) is 0 Å². The van der Waals surface area contributed by atoms with E-state index in [9.17, 15) is 0 Å². The largest absolute Gasteiger partial charge is 0.380 e. The minimum Gasteiger partial charge on any atom is -0.380 e. The number of rotatable bonds is 3. The molecule has 0 saturated carbocycles. The zero-order chi connectivity index (χ0) is 9.84. The number of hydrogen-bond donors (Lipinski definition) is 1. The number of nitrogens with one attached hydrogen (secondary N) is 1. The summed E-state index contributed by atoms with van der Waals surface area (Å²) in [6, 6.07) is 1.11. The Morgan fingerprint density at radius 1 is 1.54 bits per heavy atom. The zero-order valence-corrected chi connectivity index (χ0v) is 9.21. The predicted molar refractivity (Wildman–Crippen MR) is 55.0 cm³/mol. The molecule has 13 heavy (non-hydrogen) atoms. The smallest absolute Gasteiger partial charge is 0.0708 e. The summed E-state index contributed by atoms with van der Waals surface area (Å²) >= 11 is 0. The van der Waals surface area contributed by atoms with Crippen molar-refractivity contribution in [1.29, 1.82) is 0 Å². The van der Waals surface area contributed by atoms with Gasteiger partial charge in [0.15, 0.2) is 0 Å². The summed E-state index contributed by atoms with van der Waals surface area (Å²) in [5.74, 6) is 0.